The second-order valence-corrected chi connectivity index (χ2v) is 4.27. The van der Waals surface area contributed by atoms with Crippen LogP contribution in [-0.4, -0.2) is 37.8 Å². The van der Waals surface area contributed by atoms with Gasteiger partial charge in [-0.05, 0) is 23.8 Å². The summed E-state index contributed by atoms with van der Waals surface area (Å²) in [7, 11) is 1.57. The standard InChI is InChI=1S/C17H21NO3/c1-4-12-18(13-5-2)17(19)11-8-15-6-9-16(10-7-15)21-14-20-3/h4-11H,1-2,12-14H2,3H3/b11-8+. The lowest BCUT2D eigenvalue weighted by Crippen LogP contribution is -2.29. The average molecular weight is 287 g/mol. The Morgan fingerprint density at radius 2 is 1.81 bits per heavy atom. The van der Waals surface area contributed by atoms with Crippen molar-refractivity contribution >= 4 is 12.0 Å². The van der Waals surface area contributed by atoms with Crippen molar-refractivity contribution in [2.24, 2.45) is 0 Å². The van der Waals surface area contributed by atoms with Crippen molar-refractivity contribution in [2.75, 3.05) is 27.0 Å². The normalized spacial score (nSPS) is 10.3. The fourth-order valence-corrected chi connectivity index (χ4v) is 1.64. The van der Waals surface area contributed by atoms with Gasteiger partial charge in [0.1, 0.15) is 5.75 Å². The molecule has 0 spiro atoms. The Labute approximate surface area is 126 Å². The minimum atomic E-state index is -0.0745. The van der Waals surface area contributed by atoms with Crippen molar-refractivity contribution in [1.82, 2.24) is 4.90 Å². The van der Waals surface area contributed by atoms with Crippen LogP contribution in [0.25, 0.3) is 6.08 Å². The lowest BCUT2D eigenvalue weighted by molar-refractivity contribution is -0.124. The molecule has 4 nitrogen and oxygen atoms in total. The molecule has 0 aromatic heterocycles. The Kier molecular flexibility index (Phi) is 7.61. The molecule has 0 aliphatic rings. The summed E-state index contributed by atoms with van der Waals surface area (Å²) >= 11 is 0. The van der Waals surface area contributed by atoms with Crippen LogP contribution in [0, 0.1) is 0 Å². The van der Waals surface area contributed by atoms with Crippen LogP contribution >= 0.6 is 0 Å². The van der Waals surface area contributed by atoms with Crippen molar-refractivity contribution in [3.05, 3.63) is 61.2 Å². The maximum absolute atomic E-state index is 12.0. The number of methoxy groups -OCH3 is 1. The third-order valence-corrected chi connectivity index (χ3v) is 2.65. The van der Waals surface area contributed by atoms with Crippen LogP contribution in [0.1, 0.15) is 5.56 Å². The van der Waals surface area contributed by atoms with Gasteiger partial charge in [0, 0.05) is 26.3 Å². The summed E-state index contributed by atoms with van der Waals surface area (Å²) in [5, 5.41) is 0. The number of amides is 1. The number of benzene rings is 1. The molecule has 4 heteroatoms. The van der Waals surface area contributed by atoms with Crippen LogP contribution in [0.3, 0.4) is 0 Å². The number of rotatable bonds is 9. The summed E-state index contributed by atoms with van der Waals surface area (Å²) in [6.07, 6.45) is 6.69. The molecule has 112 valence electrons. The van der Waals surface area contributed by atoms with E-state index in [1.54, 1.807) is 30.2 Å². The first kappa shape index (κ1) is 16.7. The SMILES string of the molecule is C=CCN(CC=C)C(=O)/C=C/c1ccc(OCOC)cc1. The third kappa shape index (κ3) is 6.10. The third-order valence-electron chi connectivity index (χ3n) is 2.65. The monoisotopic (exact) mass is 287 g/mol. The van der Waals surface area contributed by atoms with E-state index in [2.05, 4.69) is 13.2 Å². The smallest absolute Gasteiger partial charge is 0.247 e. The Morgan fingerprint density at radius 3 is 2.33 bits per heavy atom. The van der Waals surface area contributed by atoms with Gasteiger partial charge in [-0.25, -0.2) is 0 Å². The zero-order chi connectivity index (χ0) is 15.5. The molecule has 0 saturated heterocycles. The highest BCUT2D eigenvalue weighted by atomic mass is 16.7. The number of hydrogen-bond acceptors (Lipinski definition) is 3. The van der Waals surface area contributed by atoms with E-state index in [1.807, 2.05) is 24.3 Å². The zero-order valence-electron chi connectivity index (χ0n) is 12.3. The molecule has 0 radical (unpaired) electrons. The van der Waals surface area contributed by atoms with E-state index in [-0.39, 0.29) is 12.7 Å². The van der Waals surface area contributed by atoms with E-state index in [0.717, 1.165) is 11.3 Å². The maximum atomic E-state index is 12.0. The van der Waals surface area contributed by atoms with Crippen molar-refractivity contribution in [1.29, 1.82) is 0 Å². The van der Waals surface area contributed by atoms with Crippen LogP contribution in [0.5, 0.6) is 5.75 Å². The highest BCUT2D eigenvalue weighted by Gasteiger charge is 2.06. The maximum Gasteiger partial charge on any atom is 0.247 e. The summed E-state index contributed by atoms with van der Waals surface area (Å²) in [5.74, 6) is 0.648. The molecule has 0 bridgehead atoms. The molecule has 0 aliphatic heterocycles. The van der Waals surface area contributed by atoms with Gasteiger partial charge in [-0.2, -0.15) is 0 Å². The van der Waals surface area contributed by atoms with Gasteiger partial charge >= 0.3 is 0 Å². The molecule has 1 aromatic rings. The van der Waals surface area contributed by atoms with Gasteiger partial charge in [0.15, 0.2) is 6.79 Å². The van der Waals surface area contributed by atoms with E-state index < -0.39 is 0 Å². The number of nitrogens with zero attached hydrogens (tertiary/aromatic N) is 1. The topological polar surface area (TPSA) is 38.8 Å². The van der Waals surface area contributed by atoms with Crippen molar-refractivity contribution in [3.63, 3.8) is 0 Å². The quantitative estimate of drug-likeness (QED) is 0.398. The van der Waals surface area contributed by atoms with E-state index >= 15 is 0 Å². The second kappa shape index (κ2) is 9.55. The van der Waals surface area contributed by atoms with Crippen LogP contribution in [0.4, 0.5) is 0 Å². The van der Waals surface area contributed by atoms with Crippen molar-refractivity contribution in [3.8, 4) is 5.75 Å². The molecular weight excluding hydrogens is 266 g/mol. The zero-order valence-corrected chi connectivity index (χ0v) is 12.3. The molecule has 0 N–H and O–H groups in total. The lowest BCUT2D eigenvalue weighted by Gasteiger charge is -2.16. The van der Waals surface area contributed by atoms with Gasteiger partial charge in [-0.1, -0.05) is 24.3 Å². The van der Waals surface area contributed by atoms with E-state index in [4.69, 9.17) is 9.47 Å². The Balaban J connectivity index is 2.63. The number of carbonyl (C=O) groups is 1. The summed E-state index contributed by atoms with van der Waals surface area (Å²) in [5.41, 5.74) is 0.922. The molecule has 0 aliphatic carbocycles. The van der Waals surface area contributed by atoms with Crippen molar-refractivity contribution in [2.45, 2.75) is 0 Å². The number of ether oxygens (including phenoxy) is 2. The molecular formula is C17H21NO3. The van der Waals surface area contributed by atoms with Gasteiger partial charge in [0.25, 0.3) is 0 Å². The molecule has 1 aromatic carbocycles. The molecule has 1 amide bonds. The Bertz CT molecular complexity index is 481. The highest BCUT2D eigenvalue weighted by Crippen LogP contribution is 2.13. The lowest BCUT2D eigenvalue weighted by atomic mass is 10.2. The van der Waals surface area contributed by atoms with Gasteiger partial charge < -0.3 is 14.4 Å². The van der Waals surface area contributed by atoms with Crippen LogP contribution in [0.2, 0.25) is 0 Å². The van der Waals surface area contributed by atoms with Gasteiger partial charge in [0.05, 0.1) is 0 Å². The second-order valence-electron chi connectivity index (χ2n) is 4.27. The van der Waals surface area contributed by atoms with Crippen LogP contribution in [0.15, 0.2) is 55.7 Å². The largest absolute Gasteiger partial charge is 0.468 e. The van der Waals surface area contributed by atoms with Crippen LogP contribution in [-0.2, 0) is 9.53 Å². The summed E-state index contributed by atoms with van der Waals surface area (Å²) in [6.45, 7) is 8.49. The van der Waals surface area contributed by atoms with Crippen LogP contribution < -0.4 is 4.74 Å². The Hall–Kier alpha value is -2.33. The van der Waals surface area contributed by atoms with Gasteiger partial charge in [-0.3, -0.25) is 4.79 Å². The van der Waals surface area contributed by atoms with E-state index in [9.17, 15) is 4.79 Å². The predicted octanol–water partition coefficient (Wildman–Crippen LogP) is 2.88. The average Bonchev–Trinajstić information content (AvgIpc) is 2.51. The molecule has 1 rings (SSSR count). The van der Waals surface area contributed by atoms with E-state index in [1.165, 1.54) is 6.08 Å². The van der Waals surface area contributed by atoms with Gasteiger partial charge in [0.2, 0.25) is 5.91 Å². The van der Waals surface area contributed by atoms with Gasteiger partial charge in [-0.15, -0.1) is 13.2 Å². The van der Waals surface area contributed by atoms with E-state index in [0.29, 0.717) is 13.1 Å². The highest BCUT2D eigenvalue weighted by molar-refractivity contribution is 5.92. The summed E-state index contributed by atoms with van der Waals surface area (Å²) in [4.78, 5) is 13.7. The minimum Gasteiger partial charge on any atom is -0.468 e. The molecule has 21 heavy (non-hydrogen) atoms. The molecule has 0 saturated carbocycles. The first-order chi connectivity index (χ1) is 10.2. The number of carbonyl (C=O) groups excluding carboxylic acids is 1. The fourth-order valence-electron chi connectivity index (χ4n) is 1.64. The predicted molar refractivity (Wildman–Crippen MR) is 85.0 cm³/mol. The molecule has 0 heterocycles. The minimum absolute atomic E-state index is 0.0745. The first-order valence-electron chi connectivity index (χ1n) is 6.61. The molecule has 0 atom stereocenters. The fraction of sp³-hybridized carbons (Fsp3) is 0.235. The molecule has 0 unspecified atom stereocenters. The van der Waals surface area contributed by atoms with Crippen molar-refractivity contribution < 1.29 is 14.3 Å². The summed E-state index contributed by atoms with van der Waals surface area (Å²) < 4.78 is 10.1. The first-order valence-corrected chi connectivity index (χ1v) is 6.61. The number of hydrogen-bond donors (Lipinski definition) is 0. The Morgan fingerprint density at radius 1 is 1.19 bits per heavy atom. The summed E-state index contributed by atoms with van der Waals surface area (Å²) in [6, 6.07) is 7.41. The molecule has 0 fully saturated rings.